The van der Waals surface area contributed by atoms with Crippen molar-refractivity contribution >= 4 is 6.09 Å². The normalized spacial score (nSPS) is 31.0. The number of amides is 1. The summed E-state index contributed by atoms with van der Waals surface area (Å²) in [7, 11) is 0. The molecule has 2 unspecified atom stereocenters. The Morgan fingerprint density at radius 1 is 1.14 bits per heavy atom. The highest BCUT2D eigenvalue weighted by molar-refractivity contribution is 5.69. The maximum absolute atomic E-state index is 12.8. The largest absolute Gasteiger partial charge is 0.444 e. The molecule has 3 fully saturated rings. The number of nitrogens with zero attached hydrogens (tertiary/aromatic N) is 2. The van der Waals surface area contributed by atoms with E-state index in [0.717, 1.165) is 43.2 Å². The van der Waals surface area contributed by atoms with E-state index in [1.807, 2.05) is 49.9 Å². The monoisotopic (exact) mass is 382 g/mol. The summed E-state index contributed by atoms with van der Waals surface area (Å²) >= 11 is 0. The number of carbonyl (C=O) groups excluding carboxylic acids is 1. The number of benzene rings is 1. The van der Waals surface area contributed by atoms with Gasteiger partial charge in [0.15, 0.2) is 0 Å². The van der Waals surface area contributed by atoms with Crippen molar-refractivity contribution in [2.45, 2.75) is 94.4 Å². The number of nitriles is 1. The summed E-state index contributed by atoms with van der Waals surface area (Å²) in [6.07, 6.45) is 5.51. The van der Waals surface area contributed by atoms with Crippen LogP contribution in [0.15, 0.2) is 24.3 Å². The first-order valence-electron chi connectivity index (χ1n) is 10.4. The van der Waals surface area contributed by atoms with Crippen LogP contribution in [0.5, 0.6) is 0 Å². The van der Waals surface area contributed by atoms with Gasteiger partial charge in [0.25, 0.3) is 0 Å². The van der Waals surface area contributed by atoms with Gasteiger partial charge in [0.05, 0.1) is 17.1 Å². The minimum atomic E-state index is -0.934. The molecule has 2 heterocycles. The average Bonchev–Trinajstić information content (AvgIpc) is 3.41. The van der Waals surface area contributed by atoms with Crippen LogP contribution in [0.3, 0.4) is 0 Å². The van der Waals surface area contributed by atoms with Gasteiger partial charge in [-0.1, -0.05) is 24.3 Å². The van der Waals surface area contributed by atoms with Gasteiger partial charge in [0, 0.05) is 24.9 Å². The van der Waals surface area contributed by atoms with Crippen LogP contribution in [-0.2, 0) is 15.8 Å². The third-order valence-corrected chi connectivity index (χ3v) is 6.55. The zero-order chi connectivity index (χ0) is 20.2. The smallest absolute Gasteiger partial charge is 0.410 e. The fraction of sp³-hybridized carbons (Fsp3) is 0.652. The highest BCUT2D eigenvalue weighted by Gasteiger charge is 2.49. The molecule has 0 spiro atoms. The fourth-order valence-electron chi connectivity index (χ4n) is 4.97. The molecular formula is C23H30N2O3. The standard InChI is InChI=1S/C23H30N2O3/c1-21(2,3)28-20(26)25-18-5-4-6-19(25)14-23(27,13-18)17-9-7-16(8-10-17)22(15-24)11-12-22/h7-10,18-19,27H,4-6,11-14H2,1-3H3. The molecule has 0 radical (unpaired) electrons. The van der Waals surface area contributed by atoms with Crippen LogP contribution in [0.25, 0.3) is 0 Å². The minimum Gasteiger partial charge on any atom is -0.444 e. The summed E-state index contributed by atoms with van der Waals surface area (Å²) in [5, 5.41) is 20.9. The second-order valence-corrected chi connectivity index (χ2v) is 9.84. The molecule has 1 saturated carbocycles. The van der Waals surface area contributed by atoms with Gasteiger partial charge >= 0.3 is 6.09 Å². The Morgan fingerprint density at radius 2 is 1.68 bits per heavy atom. The van der Waals surface area contributed by atoms with E-state index in [2.05, 4.69) is 6.07 Å². The molecule has 2 aliphatic heterocycles. The number of hydrogen-bond acceptors (Lipinski definition) is 4. The first kappa shape index (κ1) is 19.3. The second kappa shape index (κ2) is 6.49. The van der Waals surface area contributed by atoms with Crippen molar-refractivity contribution < 1.29 is 14.6 Å². The van der Waals surface area contributed by atoms with Crippen LogP contribution in [0.4, 0.5) is 4.79 Å². The van der Waals surface area contributed by atoms with Crippen molar-refractivity contribution in [2.75, 3.05) is 0 Å². The molecule has 1 aliphatic carbocycles. The van der Waals surface area contributed by atoms with E-state index < -0.39 is 11.2 Å². The summed E-state index contributed by atoms with van der Waals surface area (Å²) in [5.41, 5.74) is 0.182. The van der Waals surface area contributed by atoms with Gasteiger partial charge in [-0.3, -0.25) is 0 Å². The fourth-order valence-corrected chi connectivity index (χ4v) is 4.97. The molecule has 1 aromatic carbocycles. The van der Waals surface area contributed by atoms with Gasteiger partial charge in [-0.2, -0.15) is 5.26 Å². The molecular weight excluding hydrogens is 352 g/mol. The van der Waals surface area contributed by atoms with Gasteiger partial charge in [0.1, 0.15) is 5.60 Å². The Morgan fingerprint density at radius 3 is 2.14 bits per heavy atom. The Hall–Kier alpha value is -2.06. The van der Waals surface area contributed by atoms with Crippen LogP contribution >= 0.6 is 0 Å². The Labute approximate surface area is 167 Å². The SMILES string of the molecule is CC(C)(C)OC(=O)N1C2CCCC1CC(O)(c1ccc(C3(C#N)CC3)cc1)C2. The van der Waals surface area contributed by atoms with Gasteiger partial charge in [-0.25, -0.2) is 4.79 Å². The van der Waals surface area contributed by atoms with Gasteiger partial charge in [0.2, 0.25) is 0 Å². The van der Waals surface area contributed by atoms with Crippen molar-refractivity contribution in [3.63, 3.8) is 0 Å². The number of carbonyl (C=O) groups is 1. The predicted octanol–water partition coefficient (Wildman–Crippen LogP) is 4.38. The molecule has 2 saturated heterocycles. The number of fused-ring (bicyclic) bond motifs is 2. The molecule has 5 nitrogen and oxygen atoms in total. The van der Waals surface area contributed by atoms with Crippen LogP contribution in [-0.4, -0.2) is 33.8 Å². The molecule has 3 aliphatic rings. The molecule has 1 N–H and O–H groups in total. The zero-order valence-corrected chi connectivity index (χ0v) is 17.1. The lowest BCUT2D eigenvalue weighted by Crippen LogP contribution is -2.59. The summed E-state index contributed by atoms with van der Waals surface area (Å²) in [5.74, 6) is 0. The van der Waals surface area contributed by atoms with Gasteiger partial charge in [-0.15, -0.1) is 0 Å². The van der Waals surface area contributed by atoms with E-state index in [9.17, 15) is 15.2 Å². The lowest BCUT2D eigenvalue weighted by Gasteiger charge is -2.51. The number of piperidine rings is 2. The first-order chi connectivity index (χ1) is 13.2. The van der Waals surface area contributed by atoms with Crippen molar-refractivity contribution in [1.29, 1.82) is 5.26 Å². The molecule has 2 atom stereocenters. The predicted molar refractivity (Wildman–Crippen MR) is 106 cm³/mol. The van der Waals surface area contributed by atoms with Crippen LogP contribution in [0, 0.1) is 11.3 Å². The Balaban J connectivity index is 1.54. The maximum Gasteiger partial charge on any atom is 0.410 e. The molecule has 4 rings (SSSR count). The van der Waals surface area contributed by atoms with Crippen LogP contribution < -0.4 is 0 Å². The van der Waals surface area contributed by atoms with Gasteiger partial charge in [-0.05, 0) is 64.0 Å². The Bertz CT molecular complexity index is 785. The van der Waals surface area contributed by atoms with Crippen molar-refractivity contribution in [1.82, 2.24) is 4.90 Å². The lowest BCUT2D eigenvalue weighted by atomic mass is 9.72. The third-order valence-electron chi connectivity index (χ3n) is 6.55. The summed E-state index contributed by atoms with van der Waals surface area (Å²) in [6, 6.07) is 10.4. The van der Waals surface area contributed by atoms with Crippen LogP contribution in [0.1, 0.15) is 76.8 Å². The molecule has 0 aromatic heterocycles. The van der Waals surface area contributed by atoms with Gasteiger partial charge < -0.3 is 14.7 Å². The summed E-state index contributed by atoms with van der Waals surface area (Å²) in [6.45, 7) is 5.66. The lowest BCUT2D eigenvalue weighted by molar-refractivity contribution is -0.0965. The molecule has 150 valence electrons. The first-order valence-corrected chi connectivity index (χ1v) is 10.4. The number of rotatable bonds is 2. The Kier molecular flexibility index (Phi) is 4.46. The van der Waals surface area contributed by atoms with E-state index in [-0.39, 0.29) is 23.6 Å². The van der Waals surface area contributed by atoms with E-state index in [1.54, 1.807) is 0 Å². The van der Waals surface area contributed by atoms with E-state index in [1.165, 1.54) is 0 Å². The highest BCUT2D eigenvalue weighted by atomic mass is 16.6. The molecule has 5 heteroatoms. The van der Waals surface area contributed by atoms with E-state index in [4.69, 9.17) is 4.74 Å². The van der Waals surface area contributed by atoms with Crippen molar-refractivity contribution in [2.24, 2.45) is 0 Å². The van der Waals surface area contributed by atoms with Crippen molar-refractivity contribution in [3.05, 3.63) is 35.4 Å². The number of aliphatic hydroxyl groups is 1. The third kappa shape index (κ3) is 3.39. The summed E-state index contributed by atoms with van der Waals surface area (Å²) in [4.78, 5) is 14.6. The minimum absolute atomic E-state index is 0.000842. The van der Waals surface area contributed by atoms with Crippen molar-refractivity contribution in [3.8, 4) is 6.07 Å². The molecule has 1 aromatic rings. The molecule has 2 bridgehead atoms. The number of hydrogen-bond donors (Lipinski definition) is 1. The number of ether oxygens (including phenoxy) is 1. The zero-order valence-electron chi connectivity index (χ0n) is 17.1. The maximum atomic E-state index is 12.8. The van der Waals surface area contributed by atoms with E-state index >= 15 is 0 Å². The molecule has 1 amide bonds. The highest BCUT2D eigenvalue weighted by Crippen LogP contribution is 2.49. The average molecular weight is 383 g/mol. The summed E-state index contributed by atoms with van der Waals surface area (Å²) < 4.78 is 5.63. The molecule has 28 heavy (non-hydrogen) atoms. The second-order valence-electron chi connectivity index (χ2n) is 9.84. The topological polar surface area (TPSA) is 73.6 Å². The van der Waals surface area contributed by atoms with E-state index in [0.29, 0.717) is 12.8 Å². The quantitative estimate of drug-likeness (QED) is 0.824. The van der Waals surface area contributed by atoms with Crippen LogP contribution in [0.2, 0.25) is 0 Å².